The van der Waals surface area contributed by atoms with Crippen molar-refractivity contribution in [1.29, 1.82) is 0 Å². The predicted molar refractivity (Wildman–Crippen MR) is 355 cm³/mol. The minimum absolute atomic E-state index is 0.181. The van der Waals surface area contributed by atoms with Crippen LogP contribution in [-0.4, -0.2) is 0 Å². The summed E-state index contributed by atoms with van der Waals surface area (Å²) in [6, 6.07) is 69.6. The number of benzene rings is 12. The van der Waals surface area contributed by atoms with Gasteiger partial charge >= 0.3 is 0 Å². The third-order valence-corrected chi connectivity index (χ3v) is 18.5. The van der Waals surface area contributed by atoms with Crippen molar-refractivity contribution in [3.63, 3.8) is 0 Å². The van der Waals surface area contributed by atoms with Crippen molar-refractivity contribution in [2.45, 2.75) is 38.5 Å². The molecule has 14 rings (SSSR count). The Morgan fingerprint density at radius 2 is 0.652 bits per heavy atom. The molecule has 0 radical (unpaired) electrons. The fourth-order valence-corrected chi connectivity index (χ4v) is 14.3. The molecule has 2 unspecified atom stereocenters. The zero-order chi connectivity index (χ0) is 64.1. The van der Waals surface area contributed by atoms with E-state index in [-0.39, 0.29) is 22.7 Å². The normalized spacial score (nSPS) is 15.1. The predicted octanol–water partition coefficient (Wildman–Crippen LogP) is 22.7. The summed E-state index contributed by atoms with van der Waals surface area (Å²) in [4.78, 5) is 2.47. The van der Waals surface area contributed by atoms with Crippen LogP contribution in [0, 0.1) is 74.2 Å². The Morgan fingerprint density at radius 3 is 1.02 bits per heavy atom. The van der Waals surface area contributed by atoms with Gasteiger partial charge in [0.2, 0.25) is 0 Å². The topological polar surface area (TPSA) is 6.48 Å². The molecule has 92 heavy (non-hydrogen) atoms. The van der Waals surface area contributed by atoms with Crippen molar-refractivity contribution in [2.75, 3.05) is 9.80 Å². The smallest absolute Gasteiger partial charge is 0.196 e. The molecule has 2 aliphatic rings. The van der Waals surface area contributed by atoms with E-state index in [0.717, 1.165) is 100 Å². The second kappa shape index (κ2) is 22.6. The van der Waals surface area contributed by atoms with Gasteiger partial charge in [0.1, 0.15) is 11.4 Å². The van der Waals surface area contributed by atoms with E-state index in [0.29, 0.717) is 23.3 Å². The Morgan fingerprint density at radius 1 is 0.304 bits per heavy atom. The van der Waals surface area contributed by atoms with Crippen molar-refractivity contribution in [3.8, 4) is 33.4 Å². The zero-order valence-electron chi connectivity index (χ0n) is 50.4. The first-order valence-corrected chi connectivity index (χ1v) is 30.0. The van der Waals surface area contributed by atoms with Crippen LogP contribution in [0.2, 0.25) is 0 Å². The molecule has 12 aromatic carbocycles. The summed E-state index contributed by atoms with van der Waals surface area (Å²) in [5, 5.41) is 0. The number of halogens is 8. The summed E-state index contributed by atoms with van der Waals surface area (Å²) in [6.07, 6.45) is 3.53. The number of hydrogen-bond acceptors (Lipinski definition) is 2. The van der Waals surface area contributed by atoms with Crippen molar-refractivity contribution < 1.29 is 35.1 Å². The SMILES string of the molecule is C=Cc1ccc(C2(c3cc(C)ccc3C)c3ccccc3-c3ccc(N(c4ccc(-c5ccc(N(c6ccc7c(c6)C(c6ccc(C=C)cc6)(c6cc(C)ccc6C)c6ccccc6-7)c6c(F)cc(F)c(F)c6F)cc5)cc4)c4c(F)cc(F)c(F)c4F)cc32)cc1. The first-order chi connectivity index (χ1) is 44.5. The number of hydrogen-bond donors (Lipinski definition) is 0. The molecule has 450 valence electrons. The van der Waals surface area contributed by atoms with Crippen LogP contribution in [0.5, 0.6) is 0 Å². The van der Waals surface area contributed by atoms with Gasteiger partial charge in [-0.1, -0.05) is 206 Å². The van der Waals surface area contributed by atoms with E-state index < -0.39 is 68.7 Å². The van der Waals surface area contributed by atoms with Gasteiger partial charge in [-0.05, 0) is 176 Å². The molecule has 0 aromatic heterocycles. The van der Waals surface area contributed by atoms with Gasteiger partial charge < -0.3 is 9.80 Å². The Balaban J connectivity index is 0.910. The molecule has 0 spiro atoms. The lowest BCUT2D eigenvalue weighted by atomic mass is 9.66. The second-order valence-corrected chi connectivity index (χ2v) is 23.7. The molecule has 12 aromatic rings. The number of rotatable bonds is 13. The minimum atomic E-state index is -1.86. The summed E-state index contributed by atoms with van der Waals surface area (Å²) in [7, 11) is 0. The van der Waals surface area contributed by atoms with Gasteiger partial charge in [-0.25, -0.2) is 35.1 Å². The van der Waals surface area contributed by atoms with E-state index >= 15 is 26.3 Å². The van der Waals surface area contributed by atoms with Crippen LogP contribution in [0.4, 0.5) is 69.2 Å². The van der Waals surface area contributed by atoms with E-state index in [9.17, 15) is 8.78 Å². The second-order valence-electron chi connectivity index (χ2n) is 23.7. The molecule has 0 saturated carbocycles. The Bertz CT molecular complexity index is 4680. The third kappa shape index (κ3) is 9.05. The molecule has 2 nitrogen and oxygen atoms in total. The average molecular weight is 1220 g/mol. The van der Waals surface area contributed by atoms with E-state index in [4.69, 9.17) is 0 Å². The van der Waals surface area contributed by atoms with Crippen molar-refractivity contribution in [1.82, 2.24) is 0 Å². The van der Waals surface area contributed by atoms with Gasteiger partial charge in [-0.15, -0.1) is 0 Å². The molecule has 0 fully saturated rings. The zero-order valence-corrected chi connectivity index (χ0v) is 50.4. The van der Waals surface area contributed by atoms with E-state index in [2.05, 4.69) is 73.8 Å². The molecule has 2 atom stereocenters. The number of nitrogens with zero attached hydrogens (tertiary/aromatic N) is 2. The quantitative estimate of drug-likeness (QED) is 0.0645. The molecular weight excluding hydrogens is 1160 g/mol. The minimum Gasteiger partial charge on any atom is -0.305 e. The van der Waals surface area contributed by atoms with Gasteiger partial charge in [0.15, 0.2) is 46.5 Å². The number of fused-ring (bicyclic) bond motifs is 6. The van der Waals surface area contributed by atoms with Crippen molar-refractivity contribution >= 4 is 46.3 Å². The molecule has 0 bridgehead atoms. The van der Waals surface area contributed by atoms with Crippen LogP contribution in [0.3, 0.4) is 0 Å². The standard InChI is InChI=1S/C82H56F8N2/c1-7-51-21-29-55(30-22-51)81(67-41-47(3)17-19-49(67)5)65-15-11-9-13-61(65)63-39-37-59(43-69(63)81)91(79-73(85)45-71(83)75(87)77(79)89)57-33-25-53(26-34-57)54-27-35-58(36-28-54)92(80-74(86)46-72(84)76(88)78(80)90)60-38-40-64-62-14-10-12-16-66(62)82(70(64)44-60,56-31-23-52(8-2)24-32-56)68-42-48(4)18-20-50(68)6/h7-46H,1-2H2,3-6H3. The fourth-order valence-electron chi connectivity index (χ4n) is 14.3. The highest BCUT2D eigenvalue weighted by molar-refractivity contribution is 5.93. The van der Waals surface area contributed by atoms with E-state index in [1.165, 1.54) is 9.80 Å². The van der Waals surface area contributed by atoms with Gasteiger partial charge in [0, 0.05) is 34.9 Å². The Hall–Kier alpha value is -10.8. The van der Waals surface area contributed by atoms with Crippen LogP contribution in [-0.2, 0) is 10.8 Å². The molecule has 10 heteroatoms. The lowest BCUT2D eigenvalue weighted by molar-refractivity contribution is 0.436. The summed E-state index contributed by atoms with van der Waals surface area (Å²) in [5.74, 6) is -13.3. The Labute approximate surface area is 528 Å². The van der Waals surface area contributed by atoms with E-state index in [1.54, 1.807) is 72.8 Å². The summed E-state index contributed by atoms with van der Waals surface area (Å²) in [5.41, 5.74) is 15.0. The van der Waals surface area contributed by atoms with Gasteiger partial charge in [-0.3, -0.25) is 0 Å². The lowest BCUT2D eigenvalue weighted by Crippen LogP contribution is -2.30. The molecule has 0 amide bonds. The first-order valence-electron chi connectivity index (χ1n) is 30.0. The van der Waals surface area contributed by atoms with Crippen LogP contribution in [0.15, 0.2) is 244 Å². The number of aryl methyl sites for hydroxylation is 4. The monoisotopic (exact) mass is 1220 g/mol. The van der Waals surface area contributed by atoms with Crippen molar-refractivity contribution in [3.05, 3.63) is 368 Å². The first kappa shape index (κ1) is 58.8. The Kier molecular flexibility index (Phi) is 14.4. The highest BCUT2D eigenvalue weighted by Crippen LogP contribution is 2.60. The van der Waals surface area contributed by atoms with Crippen LogP contribution in [0.1, 0.15) is 77.9 Å². The largest absolute Gasteiger partial charge is 0.305 e. The number of anilines is 6. The molecular formula is C82H56F8N2. The molecule has 0 heterocycles. The van der Waals surface area contributed by atoms with Gasteiger partial charge in [0.25, 0.3) is 0 Å². The molecule has 0 aliphatic heterocycles. The summed E-state index contributed by atoms with van der Waals surface area (Å²) in [6.45, 7) is 16.1. The fraction of sp³-hybridized carbons (Fsp3) is 0.0732. The maximum absolute atomic E-state index is 16.6. The van der Waals surface area contributed by atoms with Crippen LogP contribution < -0.4 is 9.80 Å². The maximum Gasteiger partial charge on any atom is 0.196 e. The van der Waals surface area contributed by atoms with Crippen LogP contribution >= 0.6 is 0 Å². The van der Waals surface area contributed by atoms with Crippen LogP contribution in [0.25, 0.3) is 45.5 Å². The summed E-state index contributed by atoms with van der Waals surface area (Å²) >= 11 is 0. The molecule has 0 N–H and O–H groups in total. The highest BCUT2D eigenvalue weighted by Gasteiger charge is 2.49. The lowest BCUT2D eigenvalue weighted by Gasteiger charge is -2.36. The summed E-state index contributed by atoms with van der Waals surface area (Å²) < 4.78 is 128. The van der Waals surface area contributed by atoms with Gasteiger partial charge in [0.05, 0.1) is 10.8 Å². The van der Waals surface area contributed by atoms with E-state index in [1.807, 2.05) is 125 Å². The molecule has 2 aliphatic carbocycles. The van der Waals surface area contributed by atoms with Crippen molar-refractivity contribution in [2.24, 2.45) is 0 Å². The maximum atomic E-state index is 16.6. The van der Waals surface area contributed by atoms with Gasteiger partial charge in [-0.2, -0.15) is 0 Å². The molecule has 0 saturated heterocycles. The third-order valence-electron chi connectivity index (χ3n) is 18.5. The average Bonchev–Trinajstić information content (AvgIpc) is 1.53. The highest BCUT2D eigenvalue weighted by atomic mass is 19.2.